The van der Waals surface area contributed by atoms with Crippen LogP contribution in [0, 0.1) is 0 Å². The SMILES string of the molecule is C[C@@H]1C/C=C/CC/C=C/C(=N/OCc2ccccc2)Cc2c(Cl)c(O)cc(O)c2C(=O)O1. The summed E-state index contributed by atoms with van der Waals surface area (Å²) in [5.41, 5.74) is 1.57. The summed E-state index contributed by atoms with van der Waals surface area (Å²) < 4.78 is 5.49. The molecule has 0 unspecified atom stereocenters. The zero-order valence-electron chi connectivity index (χ0n) is 17.8. The van der Waals surface area contributed by atoms with Crippen molar-refractivity contribution in [2.75, 3.05) is 0 Å². The first-order valence-corrected chi connectivity index (χ1v) is 10.8. The van der Waals surface area contributed by atoms with Gasteiger partial charge in [0.25, 0.3) is 0 Å². The first-order valence-electron chi connectivity index (χ1n) is 10.4. The Labute approximate surface area is 192 Å². The van der Waals surface area contributed by atoms with Gasteiger partial charge in [-0.2, -0.15) is 0 Å². The van der Waals surface area contributed by atoms with Crippen LogP contribution in [0.1, 0.15) is 47.7 Å². The van der Waals surface area contributed by atoms with Gasteiger partial charge in [0.1, 0.15) is 29.8 Å². The van der Waals surface area contributed by atoms with Gasteiger partial charge in [-0.3, -0.25) is 0 Å². The summed E-state index contributed by atoms with van der Waals surface area (Å²) in [6, 6.07) is 10.6. The normalized spacial score (nSPS) is 20.6. The smallest absolute Gasteiger partial charge is 0.342 e. The van der Waals surface area contributed by atoms with Gasteiger partial charge >= 0.3 is 5.97 Å². The second-order valence-corrected chi connectivity index (χ2v) is 7.88. The van der Waals surface area contributed by atoms with Crippen molar-refractivity contribution in [3.63, 3.8) is 0 Å². The number of carbonyl (C=O) groups excluding carboxylic acids is 1. The Morgan fingerprint density at radius 3 is 2.66 bits per heavy atom. The lowest BCUT2D eigenvalue weighted by atomic mass is 9.99. The number of oxime groups is 1. The van der Waals surface area contributed by atoms with Crippen molar-refractivity contribution in [3.8, 4) is 11.5 Å². The van der Waals surface area contributed by atoms with E-state index in [-0.39, 0.29) is 41.0 Å². The molecule has 0 amide bonds. The third-order valence-electron chi connectivity index (χ3n) is 4.89. The van der Waals surface area contributed by atoms with Gasteiger partial charge in [0.15, 0.2) is 0 Å². The summed E-state index contributed by atoms with van der Waals surface area (Å²) in [6.07, 6.45) is 9.57. The molecule has 0 bridgehead atoms. The van der Waals surface area contributed by atoms with Crippen molar-refractivity contribution >= 4 is 23.3 Å². The molecule has 2 N–H and O–H groups in total. The van der Waals surface area contributed by atoms with Crippen molar-refractivity contribution in [2.24, 2.45) is 5.16 Å². The zero-order chi connectivity index (χ0) is 22.9. The Kier molecular flexibility index (Phi) is 8.34. The molecule has 2 aromatic carbocycles. The number of esters is 1. The zero-order valence-corrected chi connectivity index (χ0v) is 18.6. The number of nitrogens with zero attached hydrogens (tertiary/aromatic N) is 1. The largest absolute Gasteiger partial charge is 0.507 e. The van der Waals surface area contributed by atoms with E-state index in [0.717, 1.165) is 24.5 Å². The van der Waals surface area contributed by atoms with Gasteiger partial charge in [-0.15, -0.1) is 0 Å². The maximum atomic E-state index is 12.8. The monoisotopic (exact) mass is 455 g/mol. The minimum atomic E-state index is -0.717. The maximum Gasteiger partial charge on any atom is 0.342 e. The molecule has 0 aromatic heterocycles. The van der Waals surface area contributed by atoms with Crippen LogP contribution in [0.25, 0.3) is 0 Å². The van der Waals surface area contributed by atoms with Crippen LogP contribution < -0.4 is 0 Å². The standard InChI is InChI=1S/C25H26ClNO5/c1-17-10-6-3-2-4-9-13-19(27-31-16-18-11-7-5-8-12-18)14-20-23(25(30)32-17)21(28)15-22(29)24(20)26/h3,5-9,11-13,15,17,28-29H,2,4,10,14,16H2,1H3/b6-3+,13-9+,27-19-/t17-/m1/s1. The van der Waals surface area contributed by atoms with E-state index in [1.54, 1.807) is 13.0 Å². The predicted molar refractivity (Wildman–Crippen MR) is 124 cm³/mol. The van der Waals surface area contributed by atoms with Gasteiger partial charge in [-0.05, 0) is 37.0 Å². The number of rotatable bonds is 3. The molecule has 0 saturated carbocycles. The van der Waals surface area contributed by atoms with Gasteiger partial charge in [0, 0.05) is 18.9 Å². The fourth-order valence-corrected chi connectivity index (χ4v) is 3.47. The van der Waals surface area contributed by atoms with E-state index in [1.807, 2.05) is 48.6 Å². The Bertz CT molecular complexity index is 1030. The summed E-state index contributed by atoms with van der Waals surface area (Å²) in [4.78, 5) is 18.4. The highest BCUT2D eigenvalue weighted by Crippen LogP contribution is 2.37. The number of allylic oxidation sites excluding steroid dienone is 3. The van der Waals surface area contributed by atoms with Crippen LogP contribution in [-0.4, -0.2) is 28.0 Å². The Balaban J connectivity index is 1.97. The molecule has 1 aliphatic heterocycles. The minimum Gasteiger partial charge on any atom is -0.507 e. The number of cyclic esters (lactones) is 1. The fraction of sp³-hybridized carbons (Fsp3) is 0.280. The molecule has 1 aliphatic rings. The molecule has 2 aromatic rings. The van der Waals surface area contributed by atoms with Gasteiger partial charge in [0.05, 0.1) is 10.7 Å². The molecular weight excluding hydrogens is 430 g/mol. The maximum absolute atomic E-state index is 12.8. The van der Waals surface area contributed by atoms with E-state index < -0.39 is 11.7 Å². The number of phenols is 2. The second kappa shape index (κ2) is 11.4. The first kappa shape index (κ1) is 23.4. The van der Waals surface area contributed by atoms with Gasteiger partial charge < -0.3 is 19.8 Å². The number of fused-ring (bicyclic) bond motifs is 1. The summed E-state index contributed by atoms with van der Waals surface area (Å²) in [6.45, 7) is 2.05. The molecule has 0 radical (unpaired) electrons. The highest BCUT2D eigenvalue weighted by Gasteiger charge is 2.25. The van der Waals surface area contributed by atoms with E-state index in [9.17, 15) is 15.0 Å². The highest BCUT2D eigenvalue weighted by atomic mass is 35.5. The highest BCUT2D eigenvalue weighted by molar-refractivity contribution is 6.33. The third kappa shape index (κ3) is 6.37. The molecule has 6 nitrogen and oxygen atoms in total. The second-order valence-electron chi connectivity index (χ2n) is 7.50. The molecule has 32 heavy (non-hydrogen) atoms. The van der Waals surface area contributed by atoms with Crippen molar-refractivity contribution in [1.82, 2.24) is 0 Å². The lowest BCUT2D eigenvalue weighted by Crippen LogP contribution is -2.17. The Morgan fingerprint density at radius 2 is 1.88 bits per heavy atom. The average Bonchev–Trinajstić information content (AvgIpc) is 2.76. The van der Waals surface area contributed by atoms with Crippen molar-refractivity contribution < 1.29 is 24.6 Å². The molecule has 0 spiro atoms. The molecule has 1 heterocycles. The Morgan fingerprint density at radius 1 is 1.12 bits per heavy atom. The molecule has 0 aliphatic carbocycles. The Hall–Kier alpha value is -3.25. The lowest BCUT2D eigenvalue weighted by Gasteiger charge is -2.17. The van der Waals surface area contributed by atoms with Crippen molar-refractivity contribution in [3.05, 3.63) is 82.4 Å². The minimum absolute atomic E-state index is 0.0430. The third-order valence-corrected chi connectivity index (χ3v) is 5.31. The summed E-state index contributed by atoms with van der Waals surface area (Å²) in [5.74, 6) is -1.46. The van der Waals surface area contributed by atoms with E-state index in [0.29, 0.717) is 12.1 Å². The number of aromatic hydroxyl groups is 2. The van der Waals surface area contributed by atoms with Crippen LogP contribution >= 0.6 is 11.6 Å². The topological polar surface area (TPSA) is 88.4 Å². The average molecular weight is 456 g/mol. The molecular formula is C25H26ClNO5. The predicted octanol–water partition coefficient (Wildman–Crippen LogP) is 5.71. The van der Waals surface area contributed by atoms with E-state index in [2.05, 4.69) is 5.16 Å². The van der Waals surface area contributed by atoms with Crippen LogP contribution in [0.4, 0.5) is 0 Å². The molecule has 3 rings (SSSR count). The van der Waals surface area contributed by atoms with Gasteiger partial charge in [0.2, 0.25) is 0 Å². The van der Waals surface area contributed by atoms with Crippen molar-refractivity contribution in [2.45, 2.75) is 45.3 Å². The van der Waals surface area contributed by atoms with Crippen molar-refractivity contribution in [1.29, 1.82) is 0 Å². The van der Waals surface area contributed by atoms with Gasteiger partial charge in [-0.1, -0.05) is 65.3 Å². The van der Waals surface area contributed by atoms with Crippen LogP contribution in [0.3, 0.4) is 0 Å². The molecule has 168 valence electrons. The number of halogens is 1. The summed E-state index contributed by atoms with van der Waals surface area (Å²) in [7, 11) is 0. The van der Waals surface area contributed by atoms with E-state index in [4.69, 9.17) is 21.2 Å². The molecule has 7 heteroatoms. The lowest BCUT2D eigenvalue weighted by molar-refractivity contribution is 0.0343. The van der Waals surface area contributed by atoms with Crippen LogP contribution in [-0.2, 0) is 22.6 Å². The fourth-order valence-electron chi connectivity index (χ4n) is 3.25. The number of benzene rings is 2. The molecule has 0 saturated heterocycles. The number of carbonyl (C=O) groups is 1. The van der Waals surface area contributed by atoms with Crippen LogP contribution in [0.15, 0.2) is 65.9 Å². The van der Waals surface area contributed by atoms with Gasteiger partial charge in [-0.25, -0.2) is 4.79 Å². The van der Waals surface area contributed by atoms with E-state index >= 15 is 0 Å². The van der Waals surface area contributed by atoms with Crippen LogP contribution in [0.2, 0.25) is 5.02 Å². The summed E-state index contributed by atoms with van der Waals surface area (Å²) in [5, 5.41) is 24.7. The molecule has 1 atom stereocenters. The van der Waals surface area contributed by atoms with Crippen LogP contribution in [0.5, 0.6) is 11.5 Å². The number of phenolic OH excluding ortho intramolecular Hbond substituents is 2. The number of hydrogen-bond donors (Lipinski definition) is 2. The number of ether oxygens (including phenoxy) is 1. The molecule has 0 fully saturated rings. The van der Waals surface area contributed by atoms with E-state index in [1.165, 1.54) is 0 Å². The summed E-state index contributed by atoms with van der Waals surface area (Å²) >= 11 is 6.33. The first-order chi connectivity index (χ1) is 15.5. The quantitative estimate of drug-likeness (QED) is 0.351. The number of hydrogen-bond acceptors (Lipinski definition) is 6.